The van der Waals surface area contributed by atoms with Crippen LogP contribution in [0.1, 0.15) is 107 Å². The number of nitrogens with zero attached hydrogens (tertiary/aromatic N) is 18. The SMILES string of the molecule is CCOc1cccc(C)n1.CCc1ncccc1C.COc1ccnnc1C.Cc1cccnc1-c1cnn(C)c1.Cc1cccnc1-c1ncco1.Cc1cccnc1CC(C)C.Cc1cccnc1OCc1cscn1.Cc1cncnc1C.Cc1ncccn1.Cn1nccc1C(F)(F)F. The molecule has 542 valence electrons. The van der Waals surface area contributed by atoms with Gasteiger partial charge in [0.25, 0.3) is 0 Å². The summed E-state index contributed by atoms with van der Waals surface area (Å²) in [7, 11) is 4.77. The van der Waals surface area contributed by atoms with Crippen LogP contribution in [0.15, 0.2) is 206 Å². The lowest BCUT2D eigenvalue weighted by Crippen LogP contribution is -2.11. The quantitative estimate of drug-likeness (QED) is 0.117. The van der Waals surface area contributed by atoms with Gasteiger partial charge in [0.2, 0.25) is 17.7 Å². The van der Waals surface area contributed by atoms with E-state index in [4.69, 9.17) is 18.6 Å². The Morgan fingerprint density at radius 2 is 1.18 bits per heavy atom. The molecule has 0 aliphatic rings. The third-order valence-corrected chi connectivity index (χ3v) is 14.4. The van der Waals surface area contributed by atoms with E-state index >= 15 is 0 Å². The van der Waals surface area contributed by atoms with E-state index in [0.29, 0.717) is 36.8 Å². The average Bonchev–Trinajstić information content (AvgIpc) is 1.75. The summed E-state index contributed by atoms with van der Waals surface area (Å²) in [5.41, 5.74) is 17.2. The summed E-state index contributed by atoms with van der Waals surface area (Å²) in [4.78, 5) is 48.9. The van der Waals surface area contributed by atoms with Crippen molar-refractivity contribution in [2.45, 2.75) is 123 Å². The lowest BCUT2D eigenvalue weighted by molar-refractivity contribution is -0.143. The summed E-state index contributed by atoms with van der Waals surface area (Å²) in [6.07, 6.45) is 23.3. The Morgan fingerprint density at radius 1 is 0.563 bits per heavy atom. The minimum Gasteiger partial charge on any atom is -0.495 e. The summed E-state index contributed by atoms with van der Waals surface area (Å²) in [5, 5.41) is 16.9. The molecule has 26 heteroatoms. The van der Waals surface area contributed by atoms with Crippen LogP contribution in [-0.4, -0.2) is 103 Å². The average molecular weight is 1420 g/mol. The molecule has 0 bridgehead atoms. The second-order valence-corrected chi connectivity index (χ2v) is 23.3. The number of pyridine rings is 6. The van der Waals surface area contributed by atoms with Gasteiger partial charge in [-0.1, -0.05) is 57.2 Å². The first-order chi connectivity index (χ1) is 49.4. The summed E-state index contributed by atoms with van der Waals surface area (Å²) in [6.45, 7) is 29.5. The Kier molecular flexibility index (Phi) is 38.2. The number of alkyl halides is 3. The molecule has 0 atom stereocenters. The Morgan fingerprint density at radius 3 is 1.62 bits per heavy atom. The monoisotopic (exact) mass is 1420 g/mol. The van der Waals surface area contributed by atoms with Crippen LogP contribution in [0.3, 0.4) is 0 Å². The van der Waals surface area contributed by atoms with Crippen molar-refractivity contribution in [1.82, 2.24) is 89.6 Å². The van der Waals surface area contributed by atoms with Crippen molar-refractivity contribution < 1.29 is 31.8 Å². The molecule has 0 unspecified atom stereocenters. The zero-order valence-electron chi connectivity index (χ0n) is 61.7. The Balaban J connectivity index is 0.000000244. The highest BCUT2D eigenvalue weighted by molar-refractivity contribution is 7.07. The van der Waals surface area contributed by atoms with Gasteiger partial charge in [0.1, 0.15) is 47.9 Å². The van der Waals surface area contributed by atoms with Crippen LogP contribution in [-0.2, 0) is 39.7 Å². The van der Waals surface area contributed by atoms with Gasteiger partial charge < -0.3 is 18.6 Å². The molecule has 22 nitrogen and oxygen atoms in total. The van der Waals surface area contributed by atoms with E-state index in [-0.39, 0.29) is 0 Å². The zero-order valence-corrected chi connectivity index (χ0v) is 62.5. The lowest BCUT2D eigenvalue weighted by atomic mass is 10.0. The number of aryl methyl sites for hydroxylation is 13. The predicted molar refractivity (Wildman–Crippen MR) is 397 cm³/mol. The van der Waals surface area contributed by atoms with Gasteiger partial charge in [0, 0.05) is 127 Å². The van der Waals surface area contributed by atoms with Gasteiger partial charge in [-0.3, -0.25) is 29.3 Å². The number of aromatic nitrogens is 18. The van der Waals surface area contributed by atoms with Gasteiger partial charge in [0.15, 0.2) is 0 Å². The first-order valence-electron chi connectivity index (χ1n) is 32.8. The minimum absolute atomic E-state index is 0.487. The molecule has 0 aromatic carbocycles. The largest absolute Gasteiger partial charge is 0.495 e. The molecule has 0 saturated carbocycles. The van der Waals surface area contributed by atoms with Gasteiger partial charge in [0.05, 0.1) is 49.2 Å². The fourth-order valence-electron chi connectivity index (χ4n) is 8.30. The second kappa shape index (κ2) is 46.8. The second-order valence-electron chi connectivity index (χ2n) is 22.6. The van der Waals surface area contributed by atoms with E-state index in [0.717, 1.165) is 97.8 Å². The number of halogens is 3. The maximum absolute atomic E-state index is 11.8. The Labute approximate surface area is 606 Å². The van der Waals surface area contributed by atoms with Crippen LogP contribution in [0.4, 0.5) is 13.2 Å². The molecule has 0 N–H and O–H groups in total. The number of rotatable bonds is 11. The molecule has 0 amide bonds. The van der Waals surface area contributed by atoms with Crippen LogP contribution in [0.25, 0.3) is 22.8 Å². The first-order valence-corrected chi connectivity index (χ1v) is 33.7. The third kappa shape index (κ3) is 33.1. The summed E-state index contributed by atoms with van der Waals surface area (Å²) >= 11 is 1.57. The molecule has 13 aromatic heterocycles. The summed E-state index contributed by atoms with van der Waals surface area (Å²) in [5.74, 6) is 4.27. The minimum atomic E-state index is -4.29. The first kappa shape index (κ1) is 84.0. The van der Waals surface area contributed by atoms with Crippen molar-refractivity contribution >= 4 is 11.3 Å². The van der Waals surface area contributed by atoms with E-state index in [1.54, 1.807) is 96.7 Å². The zero-order chi connectivity index (χ0) is 75.4. The van der Waals surface area contributed by atoms with Crippen LogP contribution < -0.4 is 14.2 Å². The fourth-order valence-corrected chi connectivity index (χ4v) is 8.84. The number of thiazole rings is 1. The van der Waals surface area contributed by atoms with E-state index in [2.05, 4.69) is 140 Å². The van der Waals surface area contributed by atoms with Crippen molar-refractivity contribution in [3.63, 3.8) is 0 Å². The highest BCUT2D eigenvalue weighted by Gasteiger charge is 2.33. The van der Waals surface area contributed by atoms with Crippen molar-refractivity contribution in [3.05, 3.63) is 280 Å². The maximum Gasteiger partial charge on any atom is 0.433 e. The molecule has 0 radical (unpaired) electrons. The standard InChI is InChI=1S/C10H11N3.C10H10N2OS.C10H15N.C9H8N2O.C8H11NO.C8H11N.C6H8N2O.C6H8N2.C5H5F3N2.C5H6N2/c1-8-4-3-5-11-10(8)9-6-12-13(2)7-9;1-8-3-2-4-11-10(8)13-5-9-6-14-7-12-9;1-8(2)7-10-9(3)5-4-6-11-10;1-7-3-2-4-10-8(7)9-11-5-6-12-9;1-3-10-8-6-4-5-7(2)9-8;1-3-8-7(2)5-4-6-9-8;1-5-6(9-2)3-4-7-8-5;1-5-3-7-4-8-6(5)2;1-10-4(2-3-9-10)5(6,7)8;1-5-6-3-2-4-7-5/h3-7H,1-2H3;2-4,6-7H,5H2,1H3;4-6,8H,7H2,1-3H3;2-6H,1H3;4-6H,3H2,1-2H3;4-6H,3H2,1-2H3;3-4H,1-2H3;3-4H,1-2H3;2-3H,1H3;2-4H,1H3. The van der Waals surface area contributed by atoms with Crippen molar-refractivity contribution in [3.8, 4) is 40.4 Å². The van der Waals surface area contributed by atoms with Gasteiger partial charge in [-0.25, -0.2) is 39.9 Å². The fraction of sp³-hybridized carbons (Fsp3) is 0.299. The molecular weight excluding hydrogens is 1330 g/mol. The van der Waals surface area contributed by atoms with Gasteiger partial charge in [-0.05, 0) is 171 Å². The third-order valence-electron chi connectivity index (χ3n) is 13.8. The van der Waals surface area contributed by atoms with E-state index < -0.39 is 11.9 Å². The summed E-state index contributed by atoms with van der Waals surface area (Å²) in [6, 6.07) is 30.1. The highest BCUT2D eigenvalue weighted by atomic mass is 32.1. The normalized spacial score (nSPS) is 9.99. The number of methoxy groups -OCH3 is 1. The molecule has 13 heterocycles. The molecule has 103 heavy (non-hydrogen) atoms. The topological polar surface area (TPSA) is 257 Å². The lowest BCUT2D eigenvalue weighted by Gasteiger charge is -2.05. The Bertz CT molecular complexity index is 4340. The van der Waals surface area contributed by atoms with Crippen LogP contribution in [0.2, 0.25) is 0 Å². The van der Waals surface area contributed by atoms with E-state index in [1.807, 2.05) is 159 Å². The van der Waals surface area contributed by atoms with E-state index in [9.17, 15) is 13.2 Å². The molecule has 13 aromatic rings. The van der Waals surface area contributed by atoms with Crippen LogP contribution >= 0.6 is 11.3 Å². The van der Waals surface area contributed by atoms with Crippen LogP contribution in [0, 0.1) is 75.2 Å². The van der Waals surface area contributed by atoms with Gasteiger partial charge >= 0.3 is 6.18 Å². The van der Waals surface area contributed by atoms with Crippen molar-refractivity contribution in [2.24, 2.45) is 20.0 Å². The number of oxazole rings is 1. The molecular formula is C77H93F3N18O4S. The van der Waals surface area contributed by atoms with Crippen LogP contribution in [0.5, 0.6) is 17.5 Å². The summed E-state index contributed by atoms with van der Waals surface area (Å²) < 4.78 is 58.8. The number of hydrogen-bond donors (Lipinski definition) is 0. The predicted octanol–water partition coefficient (Wildman–Crippen LogP) is 16.7. The molecule has 0 fully saturated rings. The van der Waals surface area contributed by atoms with Gasteiger partial charge in [-0.2, -0.15) is 33.6 Å². The van der Waals surface area contributed by atoms with Crippen molar-refractivity contribution in [2.75, 3.05) is 13.7 Å². The number of ether oxygens (including phenoxy) is 3. The van der Waals surface area contributed by atoms with Gasteiger partial charge in [-0.15, -0.1) is 11.3 Å². The Hall–Kier alpha value is -11.4. The molecule has 0 aliphatic carbocycles. The molecule has 13 rings (SSSR count). The molecule has 0 spiro atoms. The number of hydrogen-bond acceptors (Lipinski definition) is 21. The smallest absolute Gasteiger partial charge is 0.433 e. The molecule has 0 aliphatic heterocycles. The maximum atomic E-state index is 11.8. The van der Waals surface area contributed by atoms with Crippen molar-refractivity contribution in [1.29, 1.82) is 0 Å². The molecule has 0 saturated heterocycles. The van der Waals surface area contributed by atoms with E-state index in [1.165, 1.54) is 35.1 Å². The highest BCUT2D eigenvalue weighted by Crippen LogP contribution is 2.28.